The fourth-order valence-corrected chi connectivity index (χ4v) is 3.36. The molecule has 0 saturated carbocycles. The van der Waals surface area contributed by atoms with E-state index in [0.29, 0.717) is 17.4 Å². The summed E-state index contributed by atoms with van der Waals surface area (Å²) in [6.45, 7) is 5.96. The van der Waals surface area contributed by atoms with E-state index in [1.165, 1.54) is 4.52 Å². The van der Waals surface area contributed by atoms with E-state index < -0.39 is 10.0 Å². The van der Waals surface area contributed by atoms with E-state index in [-0.39, 0.29) is 4.90 Å². The molecule has 0 aliphatic carbocycles. The molecule has 120 valence electrons. The first-order chi connectivity index (χ1) is 10.9. The van der Waals surface area contributed by atoms with Gasteiger partial charge in [-0.3, -0.25) is 4.72 Å². The molecule has 6 nitrogen and oxygen atoms in total. The average Bonchev–Trinajstić information content (AvgIpc) is 2.88. The molecule has 0 amide bonds. The summed E-state index contributed by atoms with van der Waals surface area (Å²) in [7, 11) is -3.68. The molecule has 2 heterocycles. The van der Waals surface area contributed by atoms with E-state index >= 15 is 0 Å². The fourth-order valence-electron chi connectivity index (χ4n) is 2.32. The van der Waals surface area contributed by atoms with Gasteiger partial charge in [-0.25, -0.2) is 13.4 Å². The quantitative estimate of drug-likeness (QED) is 0.798. The molecule has 0 spiro atoms. The second-order valence-electron chi connectivity index (χ2n) is 5.72. The third kappa shape index (κ3) is 3.05. The second kappa shape index (κ2) is 5.66. The van der Waals surface area contributed by atoms with Crippen molar-refractivity contribution in [3.8, 4) is 0 Å². The first-order valence-corrected chi connectivity index (χ1v) is 8.79. The lowest BCUT2D eigenvalue weighted by molar-refractivity contribution is 0.600. The van der Waals surface area contributed by atoms with Crippen molar-refractivity contribution < 1.29 is 8.42 Å². The molecule has 0 bridgehead atoms. The molecule has 0 aliphatic rings. The minimum Gasteiger partial charge on any atom is -0.263 e. The first kappa shape index (κ1) is 15.5. The normalized spacial score (nSPS) is 12.0. The summed E-state index contributed by atoms with van der Waals surface area (Å²) in [5.41, 5.74) is 2.46. The van der Waals surface area contributed by atoms with Crippen LogP contribution in [0.15, 0.2) is 47.5 Å². The highest BCUT2D eigenvalue weighted by Crippen LogP contribution is 2.20. The standard InChI is InChI=1S/C16H18N4O2S/c1-11(2)13-4-6-14(7-5-13)23(21,22)19-15-8-9-17-16-10-12(3)18-20(15)16/h4-11,19H,1-3H3. The number of nitrogens with one attached hydrogen (secondary N) is 1. The van der Waals surface area contributed by atoms with Crippen molar-refractivity contribution in [2.45, 2.75) is 31.6 Å². The Morgan fingerprint density at radius 2 is 1.83 bits per heavy atom. The summed E-state index contributed by atoms with van der Waals surface area (Å²) in [6.07, 6.45) is 1.55. The van der Waals surface area contributed by atoms with Crippen LogP contribution in [0, 0.1) is 6.92 Å². The highest BCUT2D eigenvalue weighted by atomic mass is 32.2. The highest BCUT2D eigenvalue weighted by molar-refractivity contribution is 7.92. The minimum absolute atomic E-state index is 0.218. The van der Waals surface area contributed by atoms with Gasteiger partial charge in [-0.1, -0.05) is 26.0 Å². The van der Waals surface area contributed by atoms with Crippen LogP contribution in [0.5, 0.6) is 0 Å². The zero-order chi connectivity index (χ0) is 16.6. The van der Waals surface area contributed by atoms with Gasteiger partial charge in [0.1, 0.15) is 5.82 Å². The third-order valence-corrected chi connectivity index (χ3v) is 4.95. The lowest BCUT2D eigenvalue weighted by Gasteiger charge is -2.10. The Hall–Kier alpha value is -2.41. The van der Waals surface area contributed by atoms with Crippen molar-refractivity contribution in [1.29, 1.82) is 0 Å². The molecule has 2 aromatic heterocycles. The number of benzene rings is 1. The molecular formula is C16H18N4O2S. The highest BCUT2D eigenvalue weighted by Gasteiger charge is 2.16. The van der Waals surface area contributed by atoms with Gasteiger partial charge in [-0.2, -0.15) is 9.61 Å². The maximum Gasteiger partial charge on any atom is 0.263 e. The van der Waals surface area contributed by atoms with Crippen LogP contribution in [0.25, 0.3) is 5.65 Å². The van der Waals surface area contributed by atoms with Gasteiger partial charge in [0.05, 0.1) is 10.6 Å². The van der Waals surface area contributed by atoms with Crippen molar-refractivity contribution in [2.75, 3.05) is 4.72 Å². The Morgan fingerprint density at radius 1 is 1.13 bits per heavy atom. The van der Waals surface area contributed by atoms with Gasteiger partial charge >= 0.3 is 0 Å². The van der Waals surface area contributed by atoms with Crippen LogP contribution in [0.3, 0.4) is 0 Å². The van der Waals surface area contributed by atoms with Crippen LogP contribution >= 0.6 is 0 Å². The SMILES string of the molecule is Cc1cc2nccc(NS(=O)(=O)c3ccc(C(C)C)cc3)n2n1. The minimum atomic E-state index is -3.68. The lowest BCUT2D eigenvalue weighted by Crippen LogP contribution is -2.15. The number of fused-ring (bicyclic) bond motifs is 1. The number of nitrogens with zero attached hydrogens (tertiary/aromatic N) is 3. The Balaban J connectivity index is 1.96. The van der Waals surface area contributed by atoms with Gasteiger partial charge in [0.2, 0.25) is 0 Å². The molecule has 0 atom stereocenters. The molecular weight excluding hydrogens is 312 g/mol. The molecule has 1 N–H and O–H groups in total. The van der Waals surface area contributed by atoms with Crippen molar-refractivity contribution in [1.82, 2.24) is 14.6 Å². The number of sulfonamides is 1. The molecule has 0 unspecified atom stereocenters. The molecule has 0 saturated heterocycles. The summed E-state index contributed by atoms with van der Waals surface area (Å²) in [5, 5.41) is 4.26. The van der Waals surface area contributed by atoms with E-state index in [4.69, 9.17) is 0 Å². The van der Waals surface area contributed by atoms with Crippen LogP contribution in [-0.2, 0) is 10.0 Å². The fraction of sp³-hybridized carbons (Fsp3) is 0.250. The topological polar surface area (TPSA) is 76.4 Å². The van der Waals surface area contributed by atoms with E-state index in [2.05, 4.69) is 28.7 Å². The molecule has 0 radical (unpaired) electrons. The van der Waals surface area contributed by atoms with Gasteiger partial charge in [0.25, 0.3) is 10.0 Å². The average molecular weight is 330 g/mol. The largest absolute Gasteiger partial charge is 0.263 e. The van der Waals surface area contributed by atoms with Crippen LogP contribution in [-0.4, -0.2) is 23.0 Å². The predicted molar refractivity (Wildman–Crippen MR) is 89.1 cm³/mol. The second-order valence-corrected chi connectivity index (χ2v) is 7.40. The van der Waals surface area contributed by atoms with Crippen molar-refractivity contribution in [2.24, 2.45) is 0 Å². The maximum atomic E-state index is 12.6. The zero-order valence-corrected chi connectivity index (χ0v) is 14.0. The number of anilines is 1. The smallest absolute Gasteiger partial charge is 0.263 e. The van der Waals surface area contributed by atoms with Crippen LogP contribution in [0.1, 0.15) is 31.0 Å². The Morgan fingerprint density at radius 3 is 2.48 bits per heavy atom. The summed E-state index contributed by atoms with van der Waals surface area (Å²) >= 11 is 0. The monoisotopic (exact) mass is 330 g/mol. The molecule has 1 aromatic carbocycles. The van der Waals surface area contributed by atoms with Gasteiger partial charge in [0, 0.05) is 12.3 Å². The predicted octanol–water partition coefficient (Wildman–Crippen LogP) is 2.96. The maximum absolute atomic E-state index is 12.6. The molecule has 0 aliphatic heterocycles. The molecule has 7 heteroatoms. The third-order valence-electron chi connectivity index (χ3n) is 3.58. The van der Waals surface area contributed by atoms with Gasteiger partial charge < -0.3 is 0 Å². The number of aromatic nitrogens is 3. The number of rotatable bonds is 4. The summed E-state index contributed by atoms with van der Waals surface area (Å²) in [5.74, 6) is 0.711. The number of hydrogen-bond donors (Lipinski definition) is 1. The van der Waals surface area contributed by atoms with Crippen LogP contribution in [0.4, 0.5) is 5.82 Å². The molecule has 23 heavy (non-hydrogen) atoms. The molecule has 3 rings (SSSR count). The van der Waals surface area contributed by atoms with Crippen molar-refractivity contribution in [3.05, 3.63) is 53.9 Å². The Labute approximate surface area is 135 Å². The van der Waals surface area contributed by atoms with E-state index in [0.717, 1.165) is 11.3 Å². The van der Waals surface area contributed by atoms with E-state index in [1.807, 2.05) is 19.1 Å². The van der Waals surface area contributed by atoms with Gasteiger partial charge in [0.15, 0.2) is 5.65 Å². The Bertz CT molecular complexity index is 944. The first-order valence-electron chi connectivity index (χ1n) is 7.31. The summed E-state index contributed by atoms with van der Waals surface area (Å²) < 4.78 is 29.2. The summed E-state index contributed by atoms with van der Waals surface area (Å²) in [6, 6.07) is 10.3. The number of hydrogen-bond acceptors (Lipinski definition) is 4. The van der Waals surface area contributed by atoms with E-state index in [9.17, 15) is 8.42 Å². The van der Waals surface area contributed by atoms with Gasteiger partial charge in [-0.05, 0) is 36.6 Å². The lowest BCUT2D eigenvalue weighted by atomic mass is 10.0. The summed E-state index contributed by atoms with van der Waals surface area (Å²) in [4.78, 5) is 4.38. The Kier molecular flexibility index (Phi) is 3.81. The molecule has 3 aromatic rings. The number of aryl methyl sites for hydroxylation is 1. The zero-order valence-electron chi connectivity index (χ0n) is 13.2. The molecule has 0 fully saturated rings. The van der Waals surface area contributed by atoms with E-state index in [1.54, 1.807) is 30.5 Å². The van der Waals surface area contributed by atoms with Crippen molar-refractivity contribution >= 4 is 21.5 Å². The van der Waals surface area contributed by atoms with Crippen LogP contribution in [0.2, 0.25) is 0 Å². The van der Waals surface area contributed by atoms with Crippen molar-refractivity contribution in [3.63, 3.8) is 0 Å². The van der Waals surface area contributed by atoms with Crippen LogP contribution < -0.4 is 4.72 Å². The van der Waals surface area contributed by atoms with Gasteiger partial charge in [-0.15, -0.1) is 0 Å².